The minimum Gasteiger partial charge on any atom is -0.508 e. The van der Waals surface area contributed by atoms with Crippen LogP contribution in [0.15, 0.2) is 24.4 Å². The summed E-state index contributed by atoms with van der Waals surface area (Å²) in [6.45, 7) is 1.69. The van der Waals surface area contributed by atoms with Crippen LogP contribution in [0.4, 0.5) is 8.78 Å². The van der Waals surface area contributed by atoms with Gasteiger partial charge in [-0.15, -0.1) is 0 Å². The Balaban J connectivity index is 1.23. The number of phenols is 1. The molecule has 9 heteroatoms. The number of aromatic hydroxyl groups is 1. The average molecular weight is 581 g/mol. The van der Waals surface area contributed by atoms with E-state index in [1.54, 1.807) is 18.3 Å². The van der Waals surface area contributed by atoms with Crippen LogP contribution in [-0.4, -0.2) is 63.5 Å². The third kappa shape index (κ3) is 4.48. The molecule has 5 fully saturated rings. The second kappa shape index (κ2) is 9.75. The van der Waals surface area contributed by atoms with Gasteiger partial charge >= 0.3 is 0 Å². The Labute approximate surface area is 243 Å². The fraction of sp³-hybridized carbons (Fsp3) is 0.562. The number of piperidine rings is 1. The first kappa shape index (κ1) is 26.1. The first-order valence-corrected chi connectivity index (χ1v) is 15.5. The number of halogens is 3. The molecule has 4 atom stereocenters. The molecule has 2 aromatic heterocycles. The lowest BCUT2D eigenvalue weighted by molar-refractivity contribution is 0.110. The van der Waals surface area contributed by atoms with E-state index in [1.807, 2.05) is 0 Å². The molecule has 0 spiro atoms. The van der Waals surface area contributed by atoms with Crippen molar-refractivity contribution in [1.82, 2.24) is 20.2 Å². The van der Waals surface area contributed by atoms with Gasteiger partial charge in [0, 0.05) is 64.6 Å². The van der Waals surface area contributed by atoms with Crippen molar-refractivity contribution in [3.05, 3.63) is 46.5 Å². The Morgan fingerprint density at radius 3 is 2.68 bits per heavy atom. The average Bonchev–Trinajstić information content (AvgIpc) is 3.52. The number of pyridine rings is 2. The van der Waals surface area contributed by atoms with Crippen LogP contribution in [0, 0.1) is 5.82 Å². The molecular weight excluding hydrogens is 546 g/mol. The van der Waals surface area contributed by atoms with Crippen LogP contribution in [0.3, 0.4) is 0 Å². The van der Waals surface area contributed by atoms with E-state index in [0.717, 1.165) is 69.2 Å². The Hall–Kier alpha value is -2.55. The van der Waals surface area contributed by atoms with Crippen molar-refractivity contribution < 1.29 is 18.6 Å². The number of hydrogen-bond acceptors (Lipinski definition) is 6. The summed E-state index contributed by atoms with van der Waals surface area (Å²) < 4.78 is 37.4. The van der Waals surface area contributed by atoms with Crippen LogP contribution >= 0.6 is 11.6 Å². The topological polar surface area (TPSA) is 70.5 Å². The van der Waals surface area contributed by atoms with Crippen LogP contribution in [0.1, 0.15) is 80.9 Å². The van der Waals surface area contributed by atoms with E-state index in [1.165, 1.54) is 6.07 Å². The largest absolute Gasteiger partial charge is 0.508 e. The number of nitrogens with zero attached hydrogens (tertiary/aromatic N) is 3. The van der Waals surface area contributed by atoms with Crippen LogP contribution in [0.2, 0.25) is 5.02 Å². The first-order chi connectivity index (χ1) is 19.9. The molecule has 6 nitrogen and oxygen atoms in total. The molecule has 3 aromatic rings. The van der Waals surface area contributed by atoms with Gasteiger partial charge in [0.25, 0.3) is 0 Å². The van der Waals surface area contributed by atoms with Crippen molar-refractivity contribution in [2.45, 2.75) is 93.4 Å². The number of benzene rings is 1. The van der Waals surface area contributed by atoms with Gasteiger partial charge in [0.15, 0.2) is 5.82 Å². The minimum absolute atomic E-state index is 0.0107. The molecule has 1 saturated carbocycles. The number of rotatable bonds is 6. The van der Waals surface area contributed by atoms with Gasteiger partial charge in [-0.3, -0.25) is 9.88 Å². The zero-order valence-corrected chi connectivity index (χ0v) is 23.8. The SMILES string of the molecule is Oc1cc(Cl)c(C2CC2)c(-c2ncc3c(C4CC5CCC(C4)N5)nc(OCC45CCCN4CC(F)C5)cc3c2F)c1. The molecule has 1 aliphatic carbocycles. The van der Waals surface area contributed by atoms with Crippen molar-refractivity contribution in [3.63, 3.8) is 0 Å². The maximum atomic E-state index is 16.6. The highest BCUT2D eigenvalue weighted by molar-refractivity contribution is 6.32. The second-order valence-electron chi connectivity index (χ2n) is 13.1. The number of aromatic nitrogens is 2. The smallest absolute Gasteiger partial charge is 0.214 e. The van der Waals surface area contributed by atoms with E-state index in [4.69, 9.17) is 21.3 Å². The van der Waals surface area contributed by atoms with Crippen LogP contribution in [-0.2, 0) is 0 Å². The van der Waals surface area contributed by atoms with Gasteiger partial charge in [-0.05, 0) is 81.5 Å². The molecular formula is C32H35ClF2N4O2. The Morgan fingerprint density at radius 1 is 1.10 bits per heavy atom. The quantitative estimate of drug-likeness (QED) is 0.341. The van der Waals surface area contributed by atoms with Crippen molar-refractivity contribution in [3.8, 4) is 22.9 Å². The highest BCUT2D eigenvalue weighted by atomic mass is 35.5. The van der Waals surface area contributed by atoms with Gasteiger partial charge in [-0.1, -0.05) is 11.6 Å². The van der Waals surface area contributed by atoms with Gasteiger partial charge in [0.1, 0.15) is 24.2 Å². The number of ether oxygens (including phenoxy) is 1. The first-order valence-electron chi connectivity index (χ1n) is 15.2. The summed E-state index contributed by atoms with van der Waals surface area (Å²) in [5.74, 6) is 0.331. The van der Waals surface area contributed by atoms with E-state index in [2.05, 4.69) is 15.2 Å². The highest BCUT2D eigenvalue weighted by Crippen LogP contribution is 2.50. The molecule has 5 aliphatic rings. The van der Waals surface area contributed by atoms with E-state index >= 15 is 4.39 Å². The predicted octanol–water partition coefficient (Wildman–Crippen LogP) is 6.63. The Kier molecular flexibility index (Phi) is 6.21. The van der Waals surface area contributed by atoms with E-state index in [9.17, 15) is 9.50 Å². The predicted molar refractivity (Wildman–Crippen MR) is 154 cm³/mol. The summed E-state index contributed by atoms with van der Waals surface area (Å²) in [6, 6.07) is 5.67. The minimum atomic E-state index is -0.843. The monoisotopic (exact) mass is 580 g/mol. The maximum absolute atomic E-state index is 16.6. The molecule has 41 heavy (non-hydrogen) atoms. The summed E-state index contributed by atoms with van der Waals surface area (Å²) in [4.78, 5) is 11.9. The Morgan fingerprint density at radius 2 is 1.90 bits per heavy atom. The maximum Gasteiger partial charge on any atom is 0.214 e. The number of hydrogen-bond donors (Lipinski definition) is 2. The fourth-order valence-electron chi connectivity index (χ4n) is 8.28. The summed E-state index contributed by atoms with van der Waals surface area (Å²) >= 11 is 6.56. The third-order valence-corrected chi connectivity index (χ3v) is 10.6. The molecule has 0 radical (unpaired) electrons. The van der Waals surface area contributed by atoms with Crippen LogP contribution in [0.25, 0.3) is 22.0 Å². The molecule has 4 aliphatic heterocycles. The molecule has 4 unspecified atom stereocenters. The Bertz CT molecular complexity index is 1520. The van der Waals surface area contributed by atoms with Crippen molar-refractivity contribution in [2.24, 2.45) is 0 Å². The van der Waals surface area contributed by atoms with Gasteiger partial charge in [0.2, 0.25) is 5.88 Å². The number of alkyl halides is 1. The number of phenolic OH excluding ortho intramolecular Hbond substituents is 1. The second-order valence-corrected chi connectivity index (χ2v) is 13.5. The van der Waals surface area contributed by atoms with Crippen molar-refractivity contribution >= 4 is 22.4 Å². The fourth-order valence-corrected chi connectivity index (χ4v) is 8.65. The number of nitrogens with one attached hydrogen (secondary N) is 1. The van der Waals surface area contributed by atoms with Gasteiger partial charge in [-0.25, -0.2) is 13.8 Å². The molecule has 8 rings (SSSR count). The van der Waals surface area contributed by atoms with Gasteiger partial charge < -0.3 is 15.2 Å². The zero-order chi connectivity index (χ0) is 27.9. The van der Waals surface area contributed by atoms with Gasteiger partial charge in [-0.2, -0.15) is 0 Å². The molecule has 2 bridgehead atoms. The molecule has 4 saturated heterocycles. The third-order valence-electron chi connectivity index (χ3n) is 10.3. The lowest BCUT2D eigenvalue weighted by atomic mass is 9.87. The van der Waals surface area contributed by atoms with E-state index < -0.39 is 12.0 Å². The van der Waals surface area contributed by atoms with E-state index in [0.29, 0.717) is 58.9 Å². The summed E-state index contributed by atoms with van der Waals surface area (Å²) in [6.07, 6.45) is 9.45. The summed E-state index contributed by atoms with van der Waals surface area (Å²) in [5.41, 5.74) is 2.09. The van der Waals surface area contributed by atoms with Crippen molar-refractivity contribution in [1.29, 1.82) is 0 Å². The van der Waals surface area contributed by atoms with Crippen molar-refractivity contribution in [2.75, 3.05) is 19.7 Å². The number of fused-ring (bicyclic) bond motifs is 4. The molecule has 2 N–H and O–H groups in total. The highest BCUT2D eigenvalue weighted by Gasteiger charge is 2.49. The van der Waals surface area contributed by atoms with Crippen LogP contribution < -0.4 is 10.1 Å². The van der Waals surface area contributed by atoms with E-state index in [-0.39, 0.29) is 28.8 Å². The zero-order valence-electron chi connectivity index (χ0n) is 23.0. The standard InChI is InChI=1S/C32H35ClF2N4O2/c33-26-11-22(40)10-24(28(26)17-2-3-17)31-29(35)23-12-27(41-16-32-6-1-7-39(32)15-19(34)13-32)38-30(25(23)14-36-31)18-8-20-4-5-21(9-18)37-20/h10-12,14,17-21,37,40H,1-9,13,15-16H2. The molecule has 6 heterocycles. The molecule has 0 amide bonds. The molecule has 1 aromatic carbocycles. The summed E-state index contributed by atoms with van der Waals surface area (Å²) in [7, 11) is 0. The lowest BCUT2D eigenvalue weighted by Gasteiger charge is -2.32. The summed E-state index contributed by atoms with van der Waals surface area (Å²) in [5, 5.41) is 15.6. The molecule has 216 valence electrons. The normalized spacial score (nSPS) is 31.2. The lowest BCUT2D eigenvalue weighted by Crippen LogP contribution is -2.43. The van der Waals surface area contributed by atoms with Gasteiger partial charge in [0.05, 0.1) is 11.2 Å². The van der Waals surface area contributed by atoms with Crippen LogP contribution in [0.5, 0.6) is 11.6 Å².